The van der Waals surface area contributed by atoms with Crippen molar-refractivity contribution in [2.75, 3.05) is 4.90 Å². The highest BCUT2D eigenvalue weighted by atomic mass is 15.1. The molecule has 0 saturated heterocycles. The summed E-state index contributed by atoms with van der Waals surface area (Å²) in [6.45, 7) is 0. The van der Waals surface area contributed by atoms with E-state index in [-0.39, 0.29) is 0 Å². The van der Waals surface area contributed by atoms with E-state index in [2.05, 4.69) is 157 Å². The molecule has 1 aliphatic rings. The first-order chi connectivity index (χ1) is 19.3. The molecule has 1 aliphatic carbocycles. The Kier molecular flexibility index (Phi) is 6.03. The quantitative estimate of drug-likeness (QED) is 0.228. The van der Waals surface area contributed by atoms with E-state index in [9.17, 15) is 0 Å². The molecule has 6 aromatic carbocycles. The van der Waals surface area contributed by atoms with Gasteiger partial charge in [0.2, 0.25) is 0 Å². The fourth-order valence-corrected chi connectivity index (χ4v) is 5.74. The Morgan fingerprint density at radius 3 is 1.64 bits per heavy atom. The van der Waals surface area contributed by atoms with E-state index in [4.69, 9.17) is 0 Å². The highest BCUT2D eigenvalue weighted by Gasteiger charge is 2.18. The Hall–Kier alpha value is -4.88. The molecular formula is C38H29N. The number of fused-ring (bicyclic) bond motifs is 2. The van der Waals surface area contributed by atoms with Gasteiger partial charge in [-0.2, -0.15) is 0 Å². The smallest absolute Gasteiger partial charge is 0.0473 e. The van der Waals surface area contributed by atoms with Gasteiger partial charge in [-0.15, -0.1) is 0 Å². The van der Waals surface area contributed by atoms with Crippen LogP contribution in [0.2, 0.25) is 0 Å². The SMILES string of the molecule is C1=C(c2cc(-c3ccccc3)cc(N(c3ccccc3)c3ccccc3)c2)CCc2cc3ccccc3cc21. The number of hydrogen-bond acceptors (Lipinski definition) is 1. The number of hydrogen-bond donors (Lipinski definition) is 0. The summed E-state index contributed by atoms with van der Waals surface area (Å²) in [5, 5.41) is 2.62. The van der Waals surface area contributed by atoms with E-state index in [1.165, 1.54) is 44.2 Å². The molecule has 0 bridgehead atoms. The van der Waals surface area contributed by atoms with Crippen molar-refractivity contribution in [2.24, 2.45) is 0 Å². The minimum absolute atomic E-state index is 1.03. The molecule has 0 aliphatic heterocycles. The van der Waals surface area contributed by atoms with Crippen molar-refractivity contribution in [1.29, 1.82) is 0 Å². The zero-order valence-electron chi connectivity index (χ0n) is 21.8. The van der Waals surface area contributed by atoms with E-state index in [0.717, 1.165) is 29.9 Å². The molecule has 0 radical (unpaired) electrons. The maximum Gasteiger partial charge on any atom is 0.0473 e. The van der Waals surface area contributed by atoms with Gasteiger partial charge in [-0.05, 0) is 106 Å². The Labute approximate surface area is 230 Å². The van der Waals surface area contributed by atoms with Gasteiger partial charge in [-0.1, -0.05) is 103 Å². The van der Waals surface area contributed by atoms with E-state index < -0.39 is 0 Å². The van der Waals surface area contributed by atoms with Crippen molar-refractivity contribution in [1.82, 2.24) is 0 Å². The number of aryl methyl sites for hydroxylation is 1. The van der Waals surface area contributed by atoms with Crippen LogP contribution in [0.25, 0.3) is 33.5 Å². The summed E-state index contributed by atoms with van der Waals surface area (Å²) in [7, 11) is 0. The topological polar surface area (TPSA) is 3.24 Å². The van der Waals surface area contributed by atoms with E-state index >= 15 is 0 Å². The first kappa shape index (κ1) is 23.3. The molecule has 0 aromatic heterocycles. The first-order valence-electron chi connectivity index (χ1n) is 13.7. The summed E-state index contributed by atoms with van der Waals surface area (Å²) < 4.78 is 0. The lowest BCUT2D eigenvalue weighted by atomic mass is 9.86. The molecule has 0 fully saturated rings. The normalized spacial score (nSPS) is 12.6. The molecule has 186 valence electrons. The molecule has 1 nitrogen and oxygen atoms in total. The summed E-state index contributed by atoms with van der Waals surface area (Å²) in [5.41, 5.74) is 11.4. The van der Waals surface area contributed by atoms with Gasteiger partial charge in [0, 0.05) is 17.1 Å². The lowest BCUT2D eigenvalue weighted by molar-refractivity contribution is 1.00. The summed E-state index contributed by atoms with van der Waals surface area (Å²) in [6.07, 6.45) is 4.49. The molecular weight excluding hydrogens is 470 g/mol. The second-order valence-electron chi connectivity index (χ2n) is 10.2. The van der Waals surface area contributed by atoms with Crippen LogP contribution in [0.1, 0.15) is 23.1 Å². The predicted molar refractivity (Wildman–Crippen MR) is 167 cm³/mol. The van der Waals surface area contributed by atoms with Crippen LogP contribution >= 0.6 is 0 Å². The largest absolute Gasteiger partial charge is 0.310 e. The highest BCUT2D eigenvalue weighted by Crippen LogP contribution is 2.40. The minimum Gasteiger partial charge on any atom is -0.310 e. The van der Waals surface area contributed by atoms with Crippen LogP contribution in [-0.4, -0.2) is 0 Å². The van der Waals surface area contributed by atoms with Crippen molar-refractivity contribution in [2.45, 2.75) is 12.8 Å². The van der Waals surface area contributed by atoms with Crippen molar-refractivity contribution in [3.05, 3.63) is 162 Å². The predicted octanol–water partition coefficient (Wildman–Crippen LogP) is 10.5. The van der Waals surface area contributed by atoms with E-state index in [1.807, 2.05) is 0 Å². The van der Waals surface area contributed by atoms with Gasteiger partial charge < -0.3 is 4.90 Å². The summed E-state index contributed by atoms with van der Waals surface area (Å²) in [5.74, 6) is 0. The van der Waals surface area contributed by atoms with Crippen molar-refractivity contribution in [3.8, 4) is 11.1 Å². The molecule has 7 rings (SSSR count). The van der Waals surface area contributed by atoms with Crippen LogP contribution in [0, 0.1) is 0 Å². The molecule has 0 unspecified atom stereocenters. The van der Waals surface area contributed by atoms with E-state index in [1.54, 1.807) is 0 Å². The Morgan fingerprint density at radius 2 is 0.974 bits per heavy atom. The highest BCUT2D eigenvalue weighted by molar-refractivity contribution is 5.93. The summed E-state index contributed by atoms with van der Waals surface area (Å²) in [4.78, 5) is 2.36. The van der Waals surface area contributed by atoms with Gasteiger partial charge in [0.25, 0.3) is 0 Å². The third-order valence-electron chi connectivity index (χ3n) is 7.68. The van der Waals surface area contributed by atoms with Gasteiger partial charge >= 0.3 is 0 Å². The zero-order valence-corrected chi connectivity index (χ0v) is 21.8. The van der Waals surface area contributed by atoms with Crippen LogP contribution in [-0.2, 0) is 6.42 Å². The van der Waals surface area contributed by atoms with Crippen LogP contribution in [0.4, 0.5) is 17.1 Å². The van der Waals surface area contributed by atoms with Crippen LogP contribution in [0.15, 0.2) is 146 Å². The van der Waals surface area contributed by atoms with Gasteiger partial charge in [-0.25, -0.2) is 0 Å². The number of para-hydroxylation sites is 2. The van der Waals surface area contributed by atoms with Crippen molar-refractivity contribution >= 4 is 39.5 Å². The van der Waals surface area contributed by atoms with Crippen molar-refractivity contribution < 1.29 is 0 Å². The van der Waals surface area contributed by atoms with E-state index in [0.29, 0.717) is 0 Å². The monoisotopic (exact) mass is 499 g/mol. The number of allylic oxidation sites excluding steroid dienone is 1. The number of benzene rings is 6. The molecule has 39 heavy (non-hydrogen) atoms. The molecule has 0 heterocycles. The Morgan fingerprint density at radius 1 is 0.410 bits per heavy atom. The summed E-state index contributed by atoms with van der Waals surface area (Å²) >= 11 is 0. The number of anilines is 3. The standard InChI is InChI=1S/C38H29N/c1-4-12-28(13-5-1)34-25-35(32-21-20-31-22-29-14-10-11-15-30(29)23-33(31)24-32)27-38(26-34)39(36-16-6-2-7-17-36)37-18-8-3-9-19-37/h1-19,22-27H,20-21H2. The Bertz CT molecular complexity index is 1740. The fraction of sp³-hybridized carbons (Fsp3) is 0.0526. The average Bonchev–Trinajstić information content (AvgIpc) is 3.01. The first-order valence-corrected chi connectivity index (χ1v) is 13.7. The lowest BCUT2D eigenvalue weighted by Gasteiger charge is -2.27. The molecule has 6 aromatic rings. The second kappa shape index (κ2) is 10.1. The van der Waals surface area contributed by atoms with Gasteiger partial charge in [0.1, 0.15) is 0 Å². The third-order valence-corrected chi connectivity index (χ3v) is 7.68. The maximum absolute atomic E-state index is 2.41. The minimum atomic E-state index is 1.03. The summed E-state index contributed by atoms with van der Waals surface area (Å²) in [6, 6.07) is 52.5. The van der Waals surface area contributed by atoms with Gasteiger partial charge in [0.15, 0.2) is 0 Å². The Balaban J connectivity index is 1.41. The molecule has 0 saturated carbocycles. The van der Waals surface area contributed by atoms with Crippen molar-refractivity contribution in [3.63, 3.8) is 0 Å². The van der Waals surface area contributed by atoms with Crippen LogP contribution in [0.3, 0.4) is 0 Å². The maximum atomic E-state index is 2.41. The number of rotatable bonds is 5. The van der Waals surface area contributed by atoms with Gasteiger partial charge in [0.05, 0.1) is 0 Å². The lowest BCUT2D eigenvalue weighted by Crippen LogP contribution is -2.10. The zero-order chi connectivity index (χ0) is 26.0. The molecule has 0 spiro atoms. The average molecular weight is 500 g/mol. The van der Waals surface area contributed by atoms with Crippen LogP contribution < -0.4 is 4.90 Å². The fourth-order valence-electron chi connectivity index (χ4n) is 5.74. The third kappa shape index (κ3) is 4.64. The van der Waals surface area contributed by atoms with Gasteiger partial charge in [-0.3, -0.25) is 0 Å². The van der Waals surface area contributed by atoms with Crippen LogP contribution in [0.5, 0.6) is 0 Å². The molecule has 0 N–H and O–H groups in total. The second-order valence-corrected chi connectivity index (χ2v) is 10.2. The number of nitrogens with zero attached hydrogens (tertiary/aromatic N) is 1. The molecule has 1 heteroatoms. The molecule has 0 atom stereocenters. The molecule has 0 amide bonds.